The molecule has 0 aliphatic carbocycles. The van der Waals surface area contributed by atoms with Crippen molar-refractivity contribution >= 4 is 11.6 Å². The monoisotopic (exact) mass is 259 g/mol. The average Bonchev–Trinajstić information content (AvgIpc) is 2.35. The van der Waals surface area contributed by atoms with Gasteiger partial charge in [0.25, 0.3) is 5.88 Å². The smallest absolute Gasteiger partial charge is 0.261 e. The van der Waals surface area contributed by atoms with Crippen LogP contribution < -0.4 is 9.47 Å². The van der Waals surface area contributed by atoms with Crippen LogP contribution in [0.4, 0.5) is 0 Å². The molecule has 0 saturated carbocycles. The zero-order valence-electron chi connectivity index (χ0n) is 10.4. The fourth-order valence-corrected chi connectivity index (χ4v) is 1.62. The Hall–Kier alpha value is -1.07. The van der Waals surface area contributed by atoms with Gasteiger partial charge in [-0.15, -0.1) is 0 Å². The molecule has 0 bridgehead atoms. The van der Waals surface area contributed by atoms with Gasteiger partial charge in [0.1, 0.15) is 12.9 Å². The molecule has 96 valence electrons. The number of likely N-dealkylation sites (N-methyl/N-ethyl adjacent to an activating group) is 1. The van der Waals surface area contributed by atoms with Crippen LogP contribution in [-0.2, 0) is 0 Å². The molecule has 0 spiro atoms. The molecule has 1 aromatic heterocycles. The third-order valence-corrected chi connectivity index (χ3v) is 2.74. The van der Waals surface area contributed by atoms with Gasteiger partial charge in [-0.3, -0.25) is 0 Å². The third kappa shape index (κ3) is 4.02. The number of aromatic nitrogens is 2. The van der Waals surface area contributed by atoms with Crippen LogP contribution in [0.2, 0.25) is 5.15 Å². The summed E-state index contributed by atoms with van der Waals surface area (Å²) in [5, 5.41) is 0.264. The Morgan fingerprint density at radius 3 is 2.59 bits per heavy atom. The highest BCUT2D eigenvalue weighted by molar-refractivity contribution is 6.31. The number of ether oxygens (including phenoxy) is 2. The highest BCUT2D eigenvalue weighted by atomic mass is 35.5. The second kappa shape index (κ2) is 7.29. The fraction of sp³-hybridized carbons (Fsp3) is 0.636. The topological polar surface area (TPSA) is 47.5 Å². The zero-order chi connectivity index (χ0) is 12.7. The van der Waals surface area contributed by atoms with Gasteiger partial charge in [-0.05, 0) is 13.1 Å². The Labute approximate surface area is 107 Å². The van der Waals surface area contributed by atoms with Gasteiger partial charge in [0, 0.05) is 6.54 Å². The second-order valence-electron chi connectivity index (χ2n) is 3.38. The molecular weight excluding hydrogens is 242 g/mol. The first-order chi connectivity index (χ1) is 8.22. The largest absolute Gasteiger partial charge is 0.489 e. The van der Waals surface area contributed by atoms with E-state index >= 15 is 0 Å². The molecule has 0 saturated heterocycles. The minimum atomic E-state index is 0.264. The van der Waals surface area contributed by atoms with Crippen molar-refractivity contribution in [2.45, 2.75) is 13.8 Å². The van der Waals surface area contributed by atoms with E-state index in [1.54, 1.807) is 0 Å². The van der Waals surface area contributed by atoms with Crippen LogP contribution in [0.25, 0.3) is 0 Å². The zero-order valence-corrected chi connectivity index (χ0v) is 11.2. The predicted molar refractivity (Wildman–Crippen MR) is 66.9 cm³/mol. The highest BCUT2D eigenvalue weighted by Crippen LogP contribution is 2.30. The maximum absolute atomic E-state index is 5.86. The quantitative estimate of drug-likeness (QED) is 0.700. The second-order valence-corrected chi connectivity index (χ2v) is 3.74. The summed E-state index contributed by atoms with van der Waals surface area (Å²) >= 11 is 5.86. The minimum absolute atomic E-state index is 0.264. The van der Waals surface area contributed by atoms with E-state index in [1.165, 1.54) is 13.4 Å². The van der Waals surface area contributed by atoms with Gasteiger partial charge in [0.05, 0.1) is 7.11 Å². The molecule has 0 fully saturated rings. The lowest BCUT2D eigenvalue weighted by Gasteiger charge is -2.18. The molecule has 17 heavy (non-hydrogen) atoms. The Balaban J connectivity index is 2.54. The third-order valence-electron chi connectivity index (χ3n) is 2.47. The number of rotatable bonds is 7. The first kappa shape index (κ1) is 14.0. The molecule has 1 aromatic rings. The van der Waals surface area contributed by atoms with Crippen LogP contribution in [0.3, 0.4) is 0 Å². The summed E-state index contributed by atoms with van der Waals surface area (Å²) in [6, 6.07) is 0. The maximum Gasteiger partial charge on any atom is 0.261 e. The molecule has 0 amide bonds. The van der Waals surface area contributed by atoms with Crippen LogP contribution in [0.15, 0.2) is 6.33 Å². The summed E-state index contributed by atoms with van der Waals surface area (Å²) in [6.07, 6.45) is 1.36. The van der Waals surface area contributed by atoms with Crippen LogP contribution >= 0.6 is 11.6 Å². The van der Waals surface area contributed by atoms with Gasteiger partial charge in [0.15, 0.2) is 5.15 Å². The lowest BCUT2D eigenvalue weighted by Crippen LogP contribution is -2.28. The Morgan fingerprint density at radius 2 is 2.00 bits per heavy atom. The average molecular weight is 260 g/mol. The molecule has 0 N–H and O–H groups in total. The number of hydrogen-bond acceptors (Lipinski definition) is 5. The summed E-state index contributed by atoms with van der Waals surface area (Å²) < 4.78 is 10.6. The van der Waals surface area contributed by atoms with Crippen molar-refractivity contribution in [3.05, 3.63) is 11.5 Å². The standard InChI is InChI=1S/C11H18ClN3O2/c1-4-15(5-2)6-7-17-11-9(16-3)10(12)13-8-14-11/h8H,4-7H2,1-3H3. The van der Waals surface area contributed by atoms with Crippen molar-refractivity contribution in [3.63, 3.8) is 0 Å². The Bertz CT molecular complexity index is 345. The van der Waals surface area contributed by atoms with Crippen molar-refractivity contribution < 1.29 is 9.47 Å². The number of methoxy groups -OCH3 is 1. The lowest BCUT2D eigenvalue weighted by molar-refractivity contribution is 0.211. The Kier molecular flexibility index (Phi) is 6.00. The first-order valence-electron chi connectivity index (χ1n) is 5.62. The normalized spacial score (nSPS) is 10.6. The Morgan fingerprint density at radius 1 is 1.29 bits per heavy atom. The molecular formula is C11H18ClN3O2. The molecule has 0 unspecified atom stereocenters. The van der Waals surface area contributed by atoms with E-state index in [0.29, 0.717) is 18.2 Å². The van der Waals surface area contributed by atoms with E-state index < -0.39 is 0 Å². The number of nitrogens with zero attached hydrogens (tertiary/aromatic N) is 3. The van der Waals surface area contributed by atoms with Crippen molar-refractivity contribution in [3.8, 4) is 11.6 Å². The van der Waals surface area contributed by atoms with Crippen LogP contribution in [0.1, 0.15) is 13.8 Å². The minimum Gasteiger partial charge on any atom is -0.489 e. The molecule has 0 aliphatic heterocycles. The van der Waals surface area contributed by atoms with Crippen molar-refractivity contribution in [2.75, 3.05) is 33.4 Å². The molecule has 0 radical (unpaired) electrons. The molecule has 0 atom stereocenters. The summed E-state index contributed by atoms with van der Waals surface area (Å²) in [5.74, 6) is 0.772. The predicted octanol–water partition coefficient (Wildman–Crippen LogP) is 1.86. The van der Waals surface area contributed by atoms with Crippen LogP contribution in [0, 0.1) is 0 Å². The van der Waals surface area contributed by atoms with Gasteiger partial charge in [-0.25, -0.2) is 4.98 Å². The van der Waals surface area contributed by atoms with Gasteiger partial charge in [-0.2, -0.15) is 4.98 Å². The molecule has 5 nitrogen and oxygen atoms in total. The van der Waals surface area contributed by atoms with Gasteiger partial charge in [0.2, 0.25) is 5.75 Å². The van der Waals surface area contributed by atoms with E-state index in [2.05, 4.69) is 28.7 Å². The molecule has 1 rings (SSSR count). The number of hydrogen-bond donors (Lipinski definition) is 0. The molecule has 6 heteroatoms. The summed E-state index contributed by atoms with van der Waals surface area (Å²) in [7, 11) is 1.52. The molecule has 1 heterocycles. The van der Waals surface area contributed by atoms with Crippen molar-refractivity contribution in [1.82, 2.24) is 14.9 Å². The summed E-state index contributed by atoms with van der Waals surface area (Å²) in [4.78, 5) is 10.1. The SMILES string of the molecule is CCN(CC)CCOc1ncnc(Cl)c1OC. The van der Waals surface area contributed by atoms with E-state index in [4.69, 9.17) is 21.1 Å². The first-order valence-corrected chi connectivity index (χ1v) is 6.00. The van der Waals surface area contributed by atoms with E-state index in [9.17, 15) is 0 Å². The van der Waals surface area contributed by atoms with Crippen molar-refractivity contribution in [1.29, 1.82) is 0 Å². The summed E-state index contributed by atoms with van der Waals surface area (Å²) in [6.45, 7) is 7.63. The van der Waals surface area contributed by atoms with E-state index in [0.717, 1.165) is 19.6 Å². The van der Waals surface area contributed by atoms with Gasteiger partial charge >= 0.3 is 0 Å². The molecule has 0 aromatic carbocycles. The fourth-order valence-electron chi connectivity index (χ4n) is 1.42. The van der Waals surface area contributed by atoms with Crippen LogP contribution in [0.5, 0.6) is 11.6 Å². The number of halogens is 1. The van der Waals surface area contributed by atoms with Crippen molar-refractivity contribution in [2.24, 2.45) is 0 Å². The van der Waals surface area contributed by atoms with E-state index in [-0.39, 0.29) is 5.15 Å². The van der Waals surface area contributed by atoms with Gasteiger partial charge in [-0.1, -0.05) is 25.4 Å². The van der Waals surface area contributed by atoms with E-state index in [1.807, 2.05) is 0 Å². The lowest BCUT2D eigenvalue weighted by atomic mass is 10.5. The molecule has 0 aliphatic rings. The summed E-state index contributed by atoms with van der Waals surface area (Å²) in [5.41, 5.74) is 0. The van der Waals surface area contributed by atoms with Gasteiger partial charge < -0.3 is 14.4 Å². The van der Waals surface area contributed by atoms with Crippen LogP contribution in [-0.4, -0.2) is 48.2 Å². The maximum atomic E-state index is 5.86. The highest BCUT2D eigenvalue weighted by Gasteiger charge is 2.11.